The summed E-state index contributed by atoms with van der Waals surface area (Å²) in [6, 6.07) is 16.5. The smallest absolute Gasteiger partial charge is 0.180 e. The minimum atomic E-state index is 0.134. The number of para-hydroxylation sites is 2. The lowest BCUT2D eigenvalue weighted by Gasteiger charge is -2.19. The van der Waals surface area contributed by atoms with Crippen LogP contribution in [0.1, 0.15) is 26.3 Å². The molecule has 0 radical (unpaired) electrons. The van der Waals surface area contributed by atoms with E-state index in [1.54, 1.807) is 0 Å². The number of hydrogen-bond acceptors (Lipinski definition) is 3. The second kappa shape index (κ2) is 5.06. The highest BCUT2D eigenvalue weighted by Crippen LogP contribution is 2.27. The SMILES string of the molecule is CC(C)(C)c1ccc(-c2cn3c(nc4ccccc43)c(N)n2)cc1. The first-order valence-corrected chi connectivity index (χ1v) is 8.08. The minimum Gasteiger partial charge on any atom is -0.381 e. The van der Waals surface area contributed by atoms with Crippen LogP contribution in [0.2, 0.25) is 0 Å². The van der Waals surface area contributed by atoms with Crippen molar-refractivity contribution in [2.45, 2.75) is 26.2 Å². The molecular formula is C20H20N4. The molecule has 4 heteroatoms. The maximum Gasteiger partial charge on any atom is 0.180 e. The molecule has 0 amide bonds. The van der Waals surface area contributed by atoms with E-state index in [1.165, 1.54) is 5.56 Å². The Morgan fingerprint density at radius 3 is 2.33 bits per heavy atom. The number of benzene rings is 2. The first-order valence-electron chi connectivity index (χ1n) is 8.08. The summed E-state index contributed by atoms with van der Waals surface area (Å²) in [6.07, 6.45) is 2.01. The molecule has 0 spiro atoms. The molecule has 0 aliphatic rings. The summed E-state index contributed by atoms with van der Waals surface area (Å²) in [5.74, 6) is 0.448. The average molecular weight is 316 g/mol. The van der Waals surface area contributed by atoms with Crippen molar-refractivity contribution < 1.29 is 0 Å². The Balaban J connectivity index is 1.89. The van der Waals surface area contributed by atoms with Crippen LogP contribution in [-0.2, 0) is 5.41 Å². The van der Waals surface area contributed by atoms with E-state index in [1.807, 2.05) is 34.9 Å². The molecule has 0 aliphatic heterocycles. The number of imidazole rings is 1. The Bertz CT molecular complexity index is 1040. The lowest BCUT2D eigenvalue weighted by molar-refractivity contribution is 0.590. The molecule has 0 bridgehead atoms. The van der Waals surface area contributed by atoms with Gasteiger partial charge in [-0.1, -0.05) is 57.2 Å². The Morgan fingerprint density at radius 1 is 0.917 bits per heavy atom. The molecule has 4 aromatic rings. The molecule has 0 atom stereocenters. The van der Waals surface area contributed by atoms with Gasteiger partial charge in [-0.25, -0.2) is 9.97 Å². The summed E-state index contributed by atoms with van der Waals surface area (Å²) in [5, 5.41) is 0. The van der Waals surface area contributed by atoms with Crippen LogP contribution in [0, 0.1) is 0 Å². The maximum absolute atomic E-state index is 6.16. The van der Waals surface area contributed by atoms with Gasteiger partial charge in [0.2, 0.25) is 0 Å². The molecule has 0 unspecified atom stereocenters. The van der Waals surface area contributed by atoms with E-state index in [-0.39, 0.29) is 5.41 Å². The number of nitrogens with two attached hydrogens (primary N) is 1. The van der Waals surface area contributed by atoms with Gasteiger partial charge in [0.25, 0.3) is 0 Å². The number of fused-ring (bicyclic) bond motifs is 3. The van der Waals surface area contributed by atoms with Crippen LogP contribution in [0.5, 0.6) is 0 Å². The van der Waals surface area contributed by atoms with Gasteiger partial charge >= 0.3 is 0 Å². The second-order valence-electron chi connectivity index (χ2n) is 7.13. The fourth-order valence-electron chi connectivity index (χ4n) is 2.97. The predicted molar refractivity (Wildman–Crippen MR) is 99.0 cm³/mol. The molecule has 4 nitrogen and oxygen atoms in total. The highest BCUT2D eigenvalue weighted by Gasteiger charge is 2.14. The van der Waals surface area contributed by atoms with E-state index in [2.05, 4.69) is 55.0 Å². The molecule has 2 aromatic carbocycles. The zero-order valence-electron chi connectivity index (χ0n) is 14.1. The Morgan fingerprint density at radius 2 is 1.62 bits per heavy atom. The zero-order chi connectivity index (χ0) is 16.9. The van der Waals surface area contributed by atoms with Crippen LogP contribution in [0.25, 0.3) is 27.9 Å². The molecule has 2 heterocycles. The molecule has 24 heavy (non-hydrogen) atoms. The van der Waals surface area contributed by atoms with Crippen molar-refractivity contribution in [3.05, 3.63) is 60.3 Å². The molecule has 2 N–H and O–H groups in total. The number of rotatable bonds is 1. The summed E-state index contributed by atoms with van der Waals surface area (Å²) in [6.45, 7) is 6.63. The van der Waals surface area contributed by atoms with Crippen molar-refractivity contribution in [1.82, 2.24) is 14.4 Å². The maximum atomic E-state index is 6.16. The normalized spacial score (nSPS) is 12.1. The van der Waals surface area contributed by atoms with E-state index in [4.69, 9.17) is 5.73 Å². The molecular weight excluding hydrogens is 296 g/mol. The summed E-state index contributed by atoms with van der Waals surface area (Å²) >= 11 is 0. The Hall–Kier alpha value is -2.88. The predicted octanol–water partition coefficient (Wildman–Crippen LogP) is 4.43. The van der Waals surface area contributed by atoms with Crippen LogP contribution < -0.4 is 5.73 Å². The first kappa shape index (κ1) is 14.7. The third-order valence-corrected chi connectivity index (χ3v) is 4.36. The molecule has 0 saturated carbocycles. The summed E-state index contributed by atoms with van der Waals surface area (Å²) in [7, 11) is 0. The van der Waals surface area contributed by atoms with Gasteiger partial charge in [0, 0.05) is 11.8 Å². The van der Waals surface area contributed by atoms with Crippen LogP contribution in [0.4, 0.5) is 5.82 Å². The van der Waals surface area contributed by atoms with E-state index >= 15 is 0 Å². The number of anilines is 1. The van der Waals surface area contributed by atoms with Crippen molar-refractivity contribution in [1.29, 1.82) is 0 Å². The highest BCUT2D eigenvalue weighted by molar-refractivity contribution is 5.84. The summed E-state index contributed by atoms with van der Waals surface area (Å²) in [4.78, 5) is 9.12. The molecule has 120 valence electrons. The monoisotopic (exact) mass is 316 g/mol. The van der Waals surface area contributed by atoms with Crippen molar-refractivity contribution >= 4 is 22.5 Å². The van der Waals surface area contributed by atoms with Gasteiger partial charge in [-0.2, -0.15) is 0 Å². The third-order valence-electron chi connectivity index (χ3n) is 4.36. The zero-order valence-corrected chi connectivity index (χ0v) is 14.1. The fraction of sp³-hybridized carbons (Fsp3) is 0.200. The molecule has 2 aromatic heterocycles. The summed E-state index contributed by atoms with van der Waals surface area (Å²) in [5.41, 5.74) is 12.2. The van der Waals surface area contributed by atoms with E-state index in [9.17, 15) is 0 Å². The number of aromatic nitrogens is 3. The number of nitrogens with zero attached hydrogens (tertiary/aromatic N) is 3. The van der Waals surface area contributed by atoms with E-state index < -0.39 is 0 Å². The number of hydrogen-bond donors (Lipinski definition) is 1. The quantitative estimate of drug-likeness (QED) is 0.565. The van der Waals surface area contributed by atoms with Gasteiger partial charge in [0.1, 0.15) is 0 Å². The molecule has 0 saturated heterocycles. The topological polar surface area (TPSA) is 56.2 Å². The van der Waals surface area contributed by atoms with Gasteiger partial charge < -0.3 is 5.73 Å². The van der Waals surface area contributed by atoms with Gasteiger partial charge in [0.15, 0.2) is 11.5 Å². The fourth-order valence-corrected chi connectivity index (χ4v) is 2.97. The second-order valence-corrected chi connectivity index (χ2v) is 7.13. The lowest BCUT2D eigenvalue weighted by Crippen LogP contribution is -2.10. The largest absolute Gasteiger partial charge is 0.381 e. The van der Waals surface area contributed by atoms with Gasteiger partial charge in [0.05, 0.1) is 16.7 Å². The molecule has 0 fully saturated rings. The van der Waals surface area contributed by atoms with Crippen molar-refractivity contribution in [3.8, 4) is 11.3 Å². The van der Waals surface area contributed by atoms with Crippen LogP contribution in [0.15, 0.2) is 54.7 Å². The van der Waals surface area contributed by atoms with Crippen molar-refractivity contribution in [2.24, 2.45) is 0 Å². The van der Waals surface area contributed by atoms with Crippen LogP contribution in [-0.4, -0.2) is 14.4 Å². The molecule has 0 aliphatic carbocycles. The van der Waals surface area contributed by atoms with Crippen molar-refractivity contribution in [3.63, 3.8) is 0 Å². The standard InChI is InChI=1S/C20H20N4/c1-20(2,3)14-10-8-13(9-11-14)16-12-24-17-7-5-4-6-15(17)23-19(24)18(21)22-16/h4-12H,1-3H3,(H2,21,22). The first-order chi connectivity index (χ1) is 11.4. The Kier molecular flexibility index (Phi) is 3.10. The average Bonchev–Trinajstić information content (AvgIpc) is 2.94. The number of nitrogen functional groups attached to an aromatic ring is 1. The van der Waals surface area contributed by atoms with E-state index in [0.717, 1.165) is 22.3 Å². The Labute approximate surface area is 141 Å². The van der Waals surface area contributed by atoms with Crippen LogP contribution >= 0.6 is 0 Å². The van der Waals surface area contributed by atoms with E-state index in [0.29, 0.717) is 11.5 Å². The minimum absolute atomic E-state index is 0.134. The van der Waals surface area contributed by atoms with Crippen molar-refractivity contribution in [2.75, 3.05) is 5.73 Å². The lowest BCUT2D eigenvalue weighted by atomic mass is 9.86. The highest BCUT2D eigenvalue weighted by atomic mass is 15.1. The van der Waals surface area contributed by atoms with Crippen LogP contribution in [0.3, 0.4) is 0 Å². The van der Waals surface area contributed by atoms with Gasteiger partial charge in [-0.05, 0) is 23.1 Å². The summed E-state index contributed by atoms with van der Waals surface area (Å²) < 4.78 is 2.02. The third kappa shape index (κ3) is 2.31. The van der Waals surface area contributed by atoms with Gasteiger partial charge in [-0.15, -0.1) is 0 Å². The molecule has 4 rings (SSSR count). The van der Waals surface area contributed by atoms with Gasteiger partial charge in [-0.3, -0.25) is 4.40 Å².